The van der Waals surface area contributed by atoms with E-state index in [-0.39, 0.29) is 16.9 Å². The van der Waals surface area contributed by atoms with E-state index in [0.717, 1.165) is 0 Å². The van der Waals surface area contributed by atoms with Crippen LogP contribution >= 0.6 is 0 Å². The Labute approximate surface area is 153 Å². The van der Waals surface area contributed by atoms with Crippen molar-refractivity contribution in [1.29, 1.82) is 0 Å². The van der Waals surface area contributed by atoms with Crippen LogP contribution in [0.15, 0.2) is 48.5 Å². The standard InChI is InChI=1S/C19H16FN3O4/c1-2-4-16-17(19(24)25)18(12-5-3-6-15(11-12)23(26)27)21-22(16)14-9-7-13(20)8-10-14/h3,5-11H,2,4H2,1H3,(H,24,25). The number of nitro groups is 1. The number of aromatic nitrogens is 2. The summed E-state index contributed by atoms with van der Waals surface area (Å²) in [6, 6.07) is 11.2. The molecular weight excluding hydrogens is 353 g/mol. The zero-order chi connectivity index (χ0) is 19.6. The van der Waals surface area contributed by atoms with Gasteiger partial charge in [-0.3, -0.25) is 10.1 Å². The lowest BCUT2D eigenvalue weighted by atomic mass is 10.0. The van der Waals surface area contributed by atoms with Crippen LogP contribution in [0.5, 0.6) is 0 Å². The molecule has 0 unspecified atom stereocenters. The van der Waals surface area contributed by atoms with Crippen molar-refractivity contribution in [2.45, 2.75) is 19.8 Å². The van der Waals surface area contributed by atoms with Crippen LogP contribution in [0.2, 0.25) is 0 Å². The lowest BCUT2D eigenvalue weighted by Gasteiger charge is -2.07. The van der Waals surface area contributed by atoms with Crippen LogP contribution in [-0.2, 0) is 6.42 Å². The van der Waals surface area contributed by atoms with Gasteiger partial charge in [0.05, 0.1) is 16.3 Å². The second-order valence-electron chi connectivity index (χ2n) is 5.92. The summed E-state index contributed by atoms with van der Waals surface area (Å²) >= 11 is 0. The summed E-state index contributed by atoms with van der Waals surface area (Å²) in [6.07, 6.45) is 1.10. The fraction of sp³-hybridized carbons (Fsp3) is 0.158. The zero-order valence-corrected chi connectivity index (χ0v) is 14.4. The Balaban J connectivity index is 2.26. The molecule has 0 aliphatic heterocycles. The number of carboxylic acid groups (broad SMARTS) is 1. The number of benzene rings is 2. The first kappa shape index (κ1) is 18.2. The molecule has 0 aliphatic rings. The first-order valence-corrected chi connectivity index (χ1v) is 8.28. The molecule has 0 aliphatic carbocycles. The molecule has 0 fully saturated rings. The van der Waals surface area contributed by atoms with Crippen LogP contribution in [-0.4, -0.2) is 25.8 Å². The molecule has 0 saturated heterocycles. The van der Waals surface area contributed by atoms with Crippen molar-refractivity contribution in [3.05, 3.63) is 75.7 Å². The monoisotopic (exact) mass is 369 g/mol. The van der Waals surface area contributed by atoms with Gasteiger partial charge in [-0.1, -0.05) is 25.5 Å². The number of carbonyl (C=O) groups is 1. The Kier molecular flexibility index (Phi) is 4.98. The van der Waals surface area contributed by atoms with Gasteiger partial charge in [-0.15, -0.1) is 0 Å². The minimum absolute atomic E-state index is 0.0123. The highest BCUT2D eigenvalue weighted by Crippen LogP contribution is 2.30. The van der Waals surface area contributed by atoms with Crippen LogP contribution in [0.1, 0.15) is 29.4 Å². The highest BCUT2D eigenvalue weighted by molar-refractivity contribution is 5.96. The fourth-order valence-electron chi connectivity index (χ4n) is 2.91. The Bertz CT molecular complexity index is 1010. The topological polar surface area (TPSA) is 98.3 Å². The molecule has 1 N–H and O–H groups in total. The number of aromatic carboxylic acids is 1. The average molecular weight is 369 g/mol. The summed E-state index contributed by atoms with van der Waals surface area (Å²) in [7, 11) is 0. The van der Waals surface area contributed by atoms with Crippen molar-refractivity contribution in [1.82, 2.24) is 9.78 Å². The molecule has 27 heavy (non-hydrogen) atoms. The van der Waals surface area contributed by atoms with Crippen LogP contribution in [0.25, 0.3) is 16.9 Å². The maximum atomic E-state index is 13.3. The lowest BCUT2D eigenvalue weighted by molar-refractivity contribution is -0.384. The molecule has 0 saturated carbocycles. The minimum Gasteiger partial charge on any atom is -0.478 e. The van der Waals surface area contributed by atoms with E-state index in [2.05, 4.69) is 5.10 Å². The van der Waals surface area contributed by atoms with E-state index in [1.165, 1.54) is 47.1 Å². The second-order valence-corrected chi connectivity index (χ2v) is 5.92. The molecule has 7 nitrogen and oxygen atoms in total. The molecule has 0 spiro atoms. The van der Waals surface area contributed by atoms with E-state index < -0.39 is 16.7 Å². The summed E-state index contributed by atoms with van der Waals surface area (Å²) in [6.45, 7) is 1.90. The van der Waals surface area contributed by atoms with E-state index in [0.29, 0.717) is 29.8 Å². The SMILES string of the molecule is CCCc1c(C(=O)O)c(-c2cccc([N+](=O)[O-])c2)nn1-c1ccc(F)cc1. The number of nitro benzene ring substituents is 1. The number of rotatable bonds is 6. The number of halogens is 1. The highest BCUT2D eigenvalue weighted by Gasteiger charge is 2.25. The molecule has 0 amide bonds. The number of hydrogen-bond acceptors (Lipinski definition) is 4. The maximum absolute atomic E-state index is 13.3. The van der Waals surface area contributed by atoms with E-state index in [1.807, 2.05) is 6.92 Å². The van der Waals surface area contributed by atoms with Gasteiger partial charge in [0.15, 0.2) is 0 Å². The van der Waals surface area contributed by atoms with Gasteiger partial charge in [0.2, 0.25) is 0 Å². The van der Waals surface area contributed by atoms with Gasteiger partial charge < -0.3 is 5.11 Å². The van der Waals surface area contributed by atoms with Gasteiger partial charge in [0.1, 0.15) is 17.1 Å². The molecule has 3 aromatic rings. The summed E-state index contributed by atoms with van der Waals surface area (Å²) < 4.78 is 14.7. The quantitative estimate of drug-likeness (QED) is 0.518. The van der Waals surface area contributed by atoms with Crippen molar-refractivity contribution in [2.24, 2.45) is 0 Å². The zero-order valence-electron chi connectivity index (χ0n) is 14.4. The number of carboxylic acids is 1. The molecule has 0 atom stereocenters. The van der Waals surface area contributed by atoms with E-state index in [4.69, 9.17) is 0 Å². The largest absolute Gasteiger partial charge is 0.478 e. The van der Waals surface area contributed by atoms with Crippen molar-refractivity contribution < 1.29 is 19.2 Å². The lowest BCUT2D eigenvalue weighted by Crippen LogP contribution is -2.06. The molecule has 0 bridgehead atoms. The smallest absolute Gasteiger partial charge is 0.339 e. The highest BCUT2D eigenvalue weighted by atomic mass is 19.1. The van der Waals surface area contributed by atoms with Crippen LogP contribution in [0.3, 0.4) is 0 Å². The van der Waals surface area contributed by atoms with Gasteiger partial charge in [-0.25, -0.2) is 13.9 Å². The van der Waals surface area contributed by atoms with E-state index in [1.54, 1.807) is 6.07 Å². The number of hydrogen-bond donors (Lipinski definition) is 1. The van der Waals surface area contributed by atoms with Crippen molar-refractivity contribution in [3.8, 4) is 16.9 Å². The number of non-ortho nitro benzene ring substituents is 1. The maximum Gasteiger partial charge on any atom is 0.339 e. The minimum atomic E-state index is -1.17. The predicted octanol–water partition coefficient (Wildman–Crippen LogP) is 4.24. The summed E-state index contributed by atoms with van der Waals surface area (Å²) in [5.41, 5.74) is 1.27. The van der Waals surface area contributed by atoms with E-state index in [9.17, 15) is 24.4 Å². The molecule has 2 aromatic carbocycles. The van der Waals surface area contributed by atoms with Crippen LogP contribution in [0, 0.1) is 15.9 Å². The van der Waals surface area contributed by atoms with Gasteiger partial charge in [-0.2, -0.15) is 5.10 Å². The fourth-order valence-corrected chi connectivity index (χ4v) is 2.91. The molecule has 8 heteroatoms. The third kappa shape index (κ3) is 3.55. The first-order chi connectivity index (χ1) is 12.9. The number of nitrogens with zero attached hydrogens (tertiary/aromatic N) is 3. The Hall–Kier alpha value is -3.55. The van der Waals surface area contributed by atoms with Crippen molar-refractivity contribution in [2.75, 3.05) is 0 Å². The van der Waals surface area contributed by atoms with Gasteiger partial charge >= 0.3 is 5.97 Å². The summed E-state index contributed by atoms with van der Waals surface area (Å²) in [5, 5.41) is 25.2. The summed E-state index contributed by atoms with van der Waals surface area (Å²) in [5.74, 6) is -1.59. The first-order valence-electron chi connectivity index (χ1n) is 8.28. The van der Waals surface area contributed by atoms with Crippen LogP contribution < -0.4 is 0 Å². The second kappa shape index (κ2) is 7.36. The van der Waals surface area contributed by atoms with Gasteiger partial charge in [0.25, 0.3) is 5.69 Å². The molecule has 3 rings (SSSR count). The molecular formula is C19H16FN3O4. The van der Waals surface area contributed by atoms with Gasteiger partial charge in [-0.05, 0) is 30.7 Å². The van der Waals surface area contributed by atoms with E-state index >= 15 is 0 Å². The molecule has 1 aromatic heterocycles. The third-order valence-electron chi connectivity index (χ3n) is 4.08. The summed E-state index contributed by atoms with van der Waals surface area (Å²) in [4.78, 5) is 22.5. The molecule has 0 radical (unpaired) electrons. The Morgan fingerprint density at radius 2 is 1.96 bits per heavy atom. The normalized spacial score (nSPS) is 10.7. The molecule has 1 heterocycles. The predicted molar refractivity (Wildman–Crippen MR) is 96.6 cm³/mol. The van der Waals surface area contributed by atoms with Crippen LogP contribution in [0.4, 0.5) is 10.1 Å². The van der Waals surface area contributed by atoms with Crippen molar-refractivity contribution in [3.63, 3.8) is 0 Å². The van der Waals surface area contributed by atoms with Gasteiger partial charge in [0, 0.05) is 17.7 Å². The average Bonchev–Trinajstić information content (AvgIpc) is 3.02. The third-order valence-corrected chi connectivity index (χ3v) is 4.08. The Morgan fingerprint density at radius 1 is 1.26 bits per heavy atom. The van der Waals surface area contributed by atoms with Crippen molar-refractivity contribution >= 4 is 11.7 Å². The molecule has 138 valence electrons. The Morgan fingerprint density at radius 3 is 2.56 bits per heavy atom.